The molecule has 2 N–H and O–H groups in total. The van der Waals surface area contributed by atoms with Crippen molar-refractivity contribution < 1.29 is 18.1 Å². The predicted molar refractivity (Wildman–Crippen MR) is 151 cm³/mol. The number of aliphatic hydroxyl groups is 1. The first-order chi connectivity index (χ1) is 19.8. The van der Waals surface area contributed by atoms with Gasteiger partial charge in [-0.2, -0.15) is 0 Å². The van der Waals surface area contributed by atoms with Gasteiger partial charge >= 0.3 is 0 Å². The first kappa shape index (κ1) is 18.1. The second kappa shape index (κ2) is 10.4. The molecule has 0 saturated heterocycles. The lowest BCUT2D eigenvalue weighted by atomic mass is 9.70. The van der Waals surface area contributed by atoms with Gasteiger partial charge in [0.05, 0.1) is 16.7 Å². The summed E-state index contributed by atoms with van der Waals surface area (Å²) in [5.41, 5.74) is 0.372. The van der Waals surface area contributed by atoms with Crippen LogP contribution in [0.15, 0.2) is 102 Å². The van der Waals surface area contributed by atoms with E-state index >= 15 is 0 Å². The Kier molecular flexibility index (Phi) is 5.21. The first-order valence-electron chi connectivity index (χ1n) is 14.6. The highest BCUT2D eigenvalue weighted by Crippen LogP contribution is 2.48. The summed E-state index contributed by atoms with van der Waals surface area (Å²) in [6.07, 6.45) is -0.0251. The number of fused-ring (bicyclic) bond motifs is 2. The molecule has 0 aliphatic carbocycles. The van der Waals surface area contributed by atoms with Gasteiger partial charge in [0.2, 0.25) is 5.88 Å². The van der Waals surface area contributed by atoms with Crippen molar-refractivity contribution in [3.05, 3.63) is 118 Å². The molecule has 0 aliphatic rings. The normalized spacial score (nSPS) is 17.2. The van der Waals surface area contributed by atoms with Crippen LogP contribution in [0.1, 0.15) is 37.3 Å². The molecule has 5 aromatic rings. The summed E-state index contributed by atoms with van der Waals surface area (Å²) in [6.45, 7) is -2.48. The van der Waals surface area contributed by atoms with Gasteiger partial charge in [0, 0.05) is 25.5 Å². The zero-order valence-corrected chi connectivity index (χ0v) is 21.0. The maximum Gasteiger partial charge on any atom is 0.217 e. The summed E-state index contributed by atoms with van der Waals surface area (Å²) in [4.78, 5) is 4.62. The largest absolute Gasteiger partial charge is 0.481 e. The summed E-state index contributed by atoms with van der Waals surface area (Å²) in [5, 5.41) is 18.0. The van der Waals surface area contributed by atoms with Crippen LogP contribution in [0.3, 0.4) is 0 Å². The number of halogens is 1. The number of nitrogens with zero attached hydrogens (tertiary/aromatic N) is 1. The zero-order chi connectivity index (χ0) is 30.1. The molecule has 0 aliphatic heterocycles. The van der Waals surface area contributed by atoms with Gasteiger partial charge in [0.1, 0.15) is 5.60 Å². The Hall–Kier alpha value is -3.25. The van der Waals surface area contributed by atoms with Crippen molar-refractivity contribution in [1.29, 1.82) is 0 Å². The number of pyridine rings is 1. The topological polar surface area (TPSA) is 54.4 Å². The van der Waals surface area contributed by atoms with Crippen LogP contribution >= 0.6 is 15.9 Å². The lowest BCUT2D eigenvalue weighted by molar-refractivity contribution is 0.0118. The molecule has 1 heterocycles. The summed E-state index contributed by atoms with van der Waals surface area (Å²) >= 11 is 3.50. The van der Waals surface area contributed by atoms with Gasteiger partial charge in [-0.1, -0.05) is 88.7 Å². The Morgan fingerprint density at radius 1 is 0.972 bits per heavy atom. The summed E-state index contributed by atoms with van der Waals surface area (Å²) in [7, 11) is -2.81. The number of nitrogens with one attached hydrogen (secondary N) is 1. The standard InChI is InChI=1S/C31H29BrN2O2/c1-33-18-17-31(35,27-14-8-12-21-9-6-7-13-25(21)27)29(22-10-4-3-5-11-22)26-20-23-19-24(32)15-16-28(23)34-30(26)36-2/h3-16,19-20,29,33,35H,17-18H2,1-2H3/t29-,31?/m1/s1/i1D3,2D3. The molecule has 2 atom stereocenters. The van der Waals surface area contributed by atoms with E-state index in [0.717, 1.165) is 15.2 Å². The smallest absolute Gasteiger partial charge is 0.217 e. The third-order valence-electron chi connectivity index (χ3n) is 6.67. The van der Waals surface area contributed by atoms with Crippen LogP contribution in [-0.4, -0.2) is 30.6 Å². The van der Waals surface area contributed by atoms with Crippen LogP contribution in [-0.2, 0) is 5.60 Å². The number of benzene rings is 4. The predicted octanol–water partition coefficient (Wildman–Crippen LogP) is 6.79. The number of methoxy groups -OCH3 is 1. The average molecular weight is 548 g/mol. The second-order valence-electron chi connectivity index (χ2n) is 8.79. The Morgan fingerprint density at radius 3 is 2.61 bits per heavy atom. The molecule has 4 nitrogen and oxygen atoms in total. The van der Waals surface area contributed by atoms with Crippen molar-refractivity contribution in [2.24, 2.45) is 0 Å². The number of ether oxygens (including phenoxy) is 1. The van der Waals surface area contributed by atoms with Crippen molar-refractivity contribution in [2.75, 3.05) is 20.6 Å². The van der Waals surface area contributed by atoms with E-state index in [1.165, 1.54) is 0 Å². The molecule has 182 valence electrons. The van der Waals surface area contributed by atoms with E-state index in [1.807, 2.05) is 78.9 Å². The van der Waals surface area contributed by atoms with Crippen molar-refractivity contribution >= 4 is 37.6 Å². The van der Waals surface area contributed by atoms with Crippen LogP contribution in [0.5, 0.6) is 5.88 Å². The van der Waals surface area contributed by atoms with E-state index in [4.69, 9.17) is 13.0 Å². The van der Waals surface area contributed by atoms with Crippen molar-refractivity contribution in [3.63, 3.8) is 0 Å². The maximum absolute atomic E-state index is 13.0. The third kappa shape index (κ3) is 4.50. The molecule has 36 heavy (non-hydrogen) atoms. The lowest BCUT2D eigenvalue weighted by Crippen LogP contribution is -2.37. The summed E-state index contributed by atoms with van der Waals surface area (Å²) < 4.78 is 53.1. The molecule has 0 spiro atoms. The molecule has 0 radical (unpaired) electrons. The van der Waals surface area contributed by atoms with Gasteiger partial charge in [-0.25, -0.2) is 4.98 Å². The fourth-order valence-corrected chi connectivity index (χ4v) is 5.46. The van der Waals surface area contributed by atoms with E-state index in [9.17, 15) is 5.11 Å². The minimum atomic E-state index is -2.81. The Labute approximate surface area is 228 Å². The van der Waals surface area contributed by atoms with Crippen LogP contribution < -0.4 is 10.1 Å². The monoisotopic (exact) mass is 546 g/mol. The molecule has 0 amide bonds. The number of hydrogen-bond donors (Lipinski definition) is 2. The molecule has 4 aromatic carbocycles. The van der Waals surface area contributed by atoms with Gasteiger partial charge in [-0.3, -0.25) is 0 Å². The Bertz CT molecular complexity index is 1710. The molecule has 0 fully saturated rings. The minimum absolute atomic E-state index is 0.0251. The van der Waals surface area contributed by atoms with Crippen molar-refractivity contribution in [2.45, 2.75) is 17.9 Å². The number of aromatic nitrogens is 1. The molecular weight excluding hydrogens is 512 g/mol. The van der Waals surface area contributed by atoms with Crippen molar-refractivity contribution in [3.8, 4) is 5.88 Å². The summed E-state index contributed by atoms with van der Waals surface area (Å²) in [5.74, 6) is -1.04. The van der Waals surface area contributed by atoms with Crippen LogP contribution in [0.2, 0.25) is 0 Å². The average Bonchev–Trinajstić information content (AvgIpc) is 2.92. The molecular formula is C31H29BrN2O2. The Morgan fingerprint density at radius 2 is 1.78 bits per heavy atom. The van der Waals surface area contributed by atoms with Crippen LogP contribution in [0.25, 0.3) is 21.7 Å². The highest BCUT2D eigenvalue weighted by molar-refractivity contribution is 9.10. The maximum atomic E-state index is 13.0. The zero-order valence-electron chi connectivity index (χ0n) is 25.4. The number of hydrogen-bond acceptors (Lipinski definition) is 4. The fourth-order valence-electron chi connectivity index (χ4n) is 5.08. The molecule has 5 heteroatoms. The van der Waals surface area contributed by atoms with Gasteiger partial charge in [0.15, 0.2) is 0 Å². The quantitative estimate of drug-likeness (QED) is 0.225. The van der Waals surface area contributed by atoms with Crippen LogP contribution in [0, 0.1) is 0 Å². The molecule has 0 saturated carbocycles. The number of rotatable bonds is 8. The van der Waals surface area contributed by atoms with Gasteiger partial charge in [0.25, 0.3) is 0 Å². The first-order valence-corrected chi connectivity index (χ1v) is 12.4. The molecule has 1 unspecified atom stereocenters. The fraction of sp³-hybridized carbons (Fsp3) is 0.194. The molecule has 5 rings (SSSR count). The molecule has 1 aromatic heterocycles. The lowest BCUT2D eigenvalue weighted by Gasteiger charge is -2.39. The van der Waals surface area contributed by atoms with E-state index < -0.39 is 25.5 Å². The van der Waals surface area contributed by atoms with Crippen LogP contribution in [0.4, 0.5) is 0 Å². The van der Waals surface area contributed by atoms with E-state index in [0.29, 0.717) is 27.6 Å². The highest BCUT2D eigenvalue weighted by atomic mass is 79.9. The van der Waals surface area contributed by atoms with E-state index in [-0.39, 0.29) is 18.8 Å². The SMILES string of the molecule is [2H]C([2H])([2H])NCCC(O)(c1cccc2ccccc12)[C@H](c1ccccc1)c1cc2cc(Br)ccc2nc1OC([2H])([2H])[2H]. The summed E-state index contributed by atoms with van der Waals surface area (Å²) in [6, 6.07) is 29.7. The van der Waals surface area contributed by atoms with Gasteiger partial charge in [-0.05, 0) is 66.1 Å². The van der Waals surface area contributed by atoms with Crippen molar-refractivity contribution in [1.82, 2.24) is 10.3 Å². The Balaban J connectivity index is 1.83. The van der Waals surface area contributed by atoms with Gasteiger partial charge < -0.3 is 15.2 Å². The van der Waals surface area contributed by atoms with E-state index in [2.05, 4.69) is 26.2 Å². The third-order valence-corrected chi connectivity index (χ3v) is 7.17. The molecule has 0 bridgehead atoms. The minimum Gasteiger partial charge on any atom is -0.481 e. The second-order valence-corrected chi connectivity index (χ2v) is 9.71. The van der Waals surface area contributed by atoms with Gasteiger partial charge in [-0.15, -0.1) is 0 Å². The highest BCUT2D eigenvalue weighted by Gasteiger charge is 2.42. The van der Waals surface area contributed by atoms with E-state index in [1.54, 1.807) is 18.2 Å².